The van der Waals surface area contributed by atoms with Crippen molar-refractivity contribution in [3.63, 3.8) is 0 Å². The Labute approximate surface area is 87.7 Å². The van der Waals surface area contributed by atoms with Crippen LogP contribution in [0.15, 0.2) is 42.5 Å². The van der Waals surface area contributed by atoms with Crippen molar-refractivity contribution < 1.29 is 0 Å². The van der Waals surface area contributed by atoms with E-state index in [1.807, 2.05) is 6.08 Å². The van der Waals surface area contributed by atoms with Crippen LogP contribution in [0.4, 0.5) is 0 Å². The number of allylic oxidation sites excluding steroid dienone is 8. The lowest BCUT2D eigenvalue weighted by Crippen LogP contribution is -1.72. The van der Waals surface area contributed by atoms with Crippen molar-refractivity contribution in [1.29, 1.82) is 0 Å². The first-order valence-electron chi connectivity index (χ1n) is 5.54. The van der Waals surface area contributed by atoms with Crippen molar-refractivity contribution in [2.45, 2.75) is 38.5 Å². The molecule has 0 spiro atoms. The topological polar surface area (TPSA) is 0 Å². The van der Waals surface area contributed by atoms with Gasteiger partial charge in [0, 0.05) is 0 Å². The van der Waals surface area contributed by atoms with Gasteiger partial charge in [-0.15, -0.1) is 0 Å². The Balaban J connectivity index is 2.34. The van der Waals surface area contributed by atoms with Crippen LogP contribution in [-0.4, -0.2) is 0 Å². The Kier molecular flexibility index (Phi) is 6.74. The van der Waals surface area contributed by atoms with Crippen LogP contribution in [0.3, 0.4) is 0 Å². The third kappa shape index (κ3) is 6.47. The molecule has 0 aromatic carbocycles. The summed E-state index contributed by atoms with van der Waals surface area (Å²) >= 11 is 0. The molecule has 0 nitrogen and oxygen atoms in total. The van der Waals surface area contributed by atoms with Crippen LogP contribution in [-0.2, 0) is 0 Å². The molecule has 0 heteroatoms. The highest BCUT2D eigenvalue weighted by Crippen LogP contribution is 2.03. The summed E-state index contributed by atoms with van der Waals surface area (Å²) in [5, 5.41) is 0. The Morgan fingerprint density at radius 2 is 1.43 bits per heavy atom. The van der Waals surface area contributed by atoms with Gasteiger partial charge in [-0.1, -0.05) is 42.5 Å². The summed E-state index contributed by atoms with van der Waals surface area (Å²) in [5.41, 5.74) is 0. The van der Waals surface area contributed by atoms with Gasteiger partial charge in [0.25, 0.3) is 0 Å². The minimum absolute atomic E-state index is 1.09. The summed E-state index contributed by atoms with van der Waals surface area (Å²) in [6.07, 6.45) is 25.5. The van der Waals surface area contributed by atoms with Crippen molar-refractivity contribution in [2.24, 2.45) is 0 Å². The van der Waals surface area contributed by atoms with Crippen molar-refractivity contribution in [3.05, 3.63) is 48.6 Å². The lowest BCUT2D eigenvalue weighted by Gasteiger charge is -1.92. The summed E-state index contributed by atoms with van der Waals surface area (Å²) < 4.78 is 0. The van der Waals surface area contributed by atoms with Gasteiger partial charge in [-0.3, -0.25) is 0 Å². The average molecular weight is 187 g/mol. The molecule has 0 aromatic heterocycles. The molecule has 0 saturated heterocycles. The predicted molar refractivity (Wildman–Crippen MR) is 62.9 cm³/mol. The highest BCUT2D eigenvalue weighted by molar-refractivity contribution is 5.03. The third-order valence-corrected chi connectivity index (χ3v) is 2.18. The highest BCUT2D eigenvalue weighted by atomic mass is 13.9. The second kappa shape index (κ2) is 8.55. The van der Waals surface area contributed by atoms with Crippen LogP contribution in [0, 0.1) is 6.08 Å². The molecule has 0 atom stereocenters. The van der Waals surface area contributed by atoms with Crippen LogP contribution >= 0.6 is 0 Å². The fourth-order valence-electron chi connectivity index (χ4n) is 1.36. The van der Waals surface area contributed by atoms with E-state index in [1.54, 1.807) is 0 Å². The molecule has 1 rings (SSSR count). The molecular formula is C14H19. The van der Waals surface area contributed by atoms with E-state index in [0.717, 1.165) is 12.8 Å². The first-order valence-corrected chi connectivity index (χ1v) is 5.54. The van der Waals surface area contributed by atoms with Gasteiger partial charge < -0.3 is 0 Å². The Morgan fingerprint density at radius 3 is 2.29 bits per heavy atom. The van der Waals surface area contributed by atoms with Gasteiger partial charge in [0.15, 0.2) is 0 Å². The van der Waals surface area contributed by atoms with Crippen molar-refractivity contribution in [1.82, 2.24) is 0 Å². The van der Waals surface area contributed by atoms with E-state index in [-0.39, 0.29) is 0 Å². The number of hydrogen-bond donors (Lipinski definition) is 0. The fraction of sp³-hybridized carbons (Fsp3) is 0.429. The summed E-state index contributed by atoms with van der Waals surface area (Å²) in [6, 6.07) is 0. The summed E-state index contributed by atoms with van der Waals surface area (Å²) in [7, 11) is 0. The first kappa shape index (κ1) is 11.0. The molecule has 0 heterocycles. The van der Waals surface area contributed by atoms with Gasteiger partial charge in [-0.25, -0.2) is 0 Å². The summed E-state index contributed by atoms with van der Waals surface area (Å²) in [4.78, 5) is 0. The molecule has 0 aliphatic heterocycles. The quantitative estimate of drug-likeness (QED) is 0.528. The molecule has 14 heavy (non-hydrogen) atoms. The van der Waals surface area contributed by atoms with E-state index in [4.69, 9.17) is 0 Å². The van der Waals surface area contributed by atoms with Gasteiger partial charge in [-0.2, -0.15) is 0 Å². The second-order valence-electron chi connectivity index (χ2n) is 3.49. The van der Waals surface area contributed by atoms with E-state index in [2.05, 4.69) is 42.5 Å². The molecule has 0 amide bonds. The molecular weight excluding hydrogens is 168 g/mol. The average Bonchev–Trinajstić information content (AvgIpc) is 2.22. The molecule has 1 aliphatic carbocycles. The molecule has 1 aliphatic rings. The van der Waals surface area contributed by atoms with Crippen LogP contribution in [0.5, 0.6) is 0 Å². The maximum atomic E-state index is 3.18. The largest absolute Gasteiger partial charge is 0.0845 e. The summed E-state index contributed by atoms with van der Waals surface area (Å²) in [5.74, 6) is 0. The molecule has 0 saturated carbocycles. The molecule has 0 N–H and O–H groups in total. The van der Waals surface area contributed by atoms with E-state index in [1.165, 1.54) is 25.7 Å². The first-order chi connectivity index (χ1) is 7.00. The van der Waals surface area contributed by atoms with Crippen LogP contribution < -0.4 is 0 Å². The van der Waals surface area contributed by atoms with Crippen molar-refractivity contribution in [2.75, 3.05) is 0 Å². The monoisotopic (exact) mass is 187 g/mol. The van der Waals surface area contributed by atoms with Crippen molar-refractivity contribution >= 4 is 0 Å². The zero-order valence-electron chi connectivity index (χ0n) is 8.78. The molecule has 0 aromatic rings. The van der Waals surface area contributed by atoms with E-state index < -0.39 is 0 Å². The highest BCUT2D eigenvalue weighted by Gasteiger charge is 1.83. The molecule has 0 unspecified atom stereocenters. The zero-order chi connectivity index (χ0) is 9.90. The predicted octanol–water partition coefficient (Wildman–Crippen LogP) is 4.37. The maximum absolute atomic E-state index is 3.18. The van der Waals surface area contributed by atoms with Crippen molar-refractivity contribution in [3.8, 4) is 0 Å². The van der Waals surface area contributed by atoms with Crippen LogP contribution in [0.2, 0.25) is 0 Å². The van der Waals surface area contributed by atoms with Gasteiger partial charge in [0.1, 0.15) is 0 Å². The van der Waals surface area contributed by atoms with Gasteiger partial charge >= 0.3 is 0 Å². The minimum atomic E-state index is 1.09. The minimum Gasteiger partial charge on any atom is -0.0845 e. The third-order valence-electron chi connectivity index (χ3n) is 2.18. The smallest absolute Gasteiger partial charge is 0.0230 e. The Bertz CT molecular complexity index is 202. The normalized spacial score (nSPS) is 28.6. The lowest BCUT2D eigenvalue weighted by molar-refractivity contribution is 0.762. The second-order valence-corrected chi connectivity index (χ2v) is 3.49. The fourth-order valence-corrected chi connectivity index (χ4v) is 1.36. The molecule has 1 radical (unpaired) electrons. The van der Waals surface area contributed by atoms with E-state index in [9.17, 15) is 0 Å². The van der Waals surface area contributed by atoms with E-state index >= 15 is 0 Å². The maximum Gasteiger partial charge on any atom is -0.0230 e. The SMILES string of the molecule is [C]1=C/CC/C=C/C=C\CCCC\C=C/1. The molecule has 0 bridgehead atoms. The van der Waals surface area contributed by atoms with Gasteiger partial charge in [0.05, 0.1) is 0 Å². The van der Waals surface area contributed by atoms with Crippen LogP contribution in [0.25, 0.3) is 0 Å². The number of hydrogen-bond acceptors (Lipinski definition) is 0. The summed E-state index contributed by atoms with van der Waals surface area (Å²) in [6.45, 7) is 0. The Morgan fingerprint density at radius 1 is 0.714 bits per heavy atom. The molecule has 75 valence electrons. The van der Waals surface area contributed by atoms with Crippen LogP contribution in [0.1, 0.15) is 38.5 Å². The van der Waals surface area contributed by atoms with E-state index in [0.29, 0.717) is 0 Å². The Hall–Kier alpha value is -1.04. The molecule has 0 fully saturated rings. The zero-order valence-corrected chi connectivity index (χ0v) is 8.78. The lowest BCUT2D eigenvalue weighted by atomic mass is 10.1. The number of rotatable bonds is 0. The van der Waals surface area contributed by atoms with Gasteiger partial charge in [0.2, 0.25) is 0 Å². The standard InChI is InChI=1S/C14H19/c1-2-4-6-8-10-12-14-13-11-9-7-5-3-1/h1-4,9,13-14H,5-8,10,12H2/b3-1+,4-2-,11-9?,14-13-. The van der Waals surface area contributed by atoms with Gasteiger partial charge in [-0.05, 0) is 44.6 Å².